The van der Waals surface area contributed by atoms with Crippen molar-refractivity contribution in [2.45, 2.75) is 45.6 Å². The molecule has 6 nitrogen and oxygen atoms in total. The van der Waals surface area contributed by atoms with Crippen molar-refractivity contribution in [3.63, 3.8) is 0 Å². The Balaban J connectivity index is 2.86. The molecular formula is C10H20N4O2. The van der Waals surface area contributed by atoms with Crippen molar-refractivity contribution in [1.82, 2.24) is 15.0 Å². The van der Waals surface area contributed by atoms with Gasteiger partial charge >= 0.3 is 0 Å². The normalized spacial score (nSPS) is 15.1. The van der Waals surface area contributed by atoms with E-state index in [1.54, 1.807) is 18.7 Å². The van der Waals surface area contributed by atoms with Gasteiger partial charge in [-0.1, -0.05) is 5.21 Å². The van der Waals surface area contributed by atoms with Crippen LogP contribution in [0.15, 0.2) is 0 Å². The molecule has 0 aliphatic heterocycles. The van der Waals surface area contributed by atoms with Crippen molar-refractivity contribution in [2.24, 2.45) is 5.73 Å². The van der Waals surface area contributed by atoms with E-state index in [1.165, 1.54) is 0 Å². The molecule has 0 bridgehead atoms. The molecule has 6 heteroatoms. The van der Waals surface area contributed by atoms with Gasteiger partial charge in [-0.3, -0.25) is 0 Å². The smallest absolute Gasteiger partial charge is 0.102 e. The summed E-state index contributed by atoms with van der Waals surface area (Å²) in [5, 5.41) is 17.3. The highest BCUT2D eigenvalue weighted by Crippen LogP contribution is 2.18. The molecule has 0 aliphatic rings. The molecule has 1 rings (SSSR count). The quantitative estimate of drug-likeness (QED) is 0.727. The molecule has 2 atom stereocenters. The number of methoxy groups -OCH3 is 1. The maximum absolute atomic E-state index is 9.25. The Hall–Kier alpha value is -0.980. The van der Waals surface area contributed by atoms with E-state index in [9.17, 15) is 5.11 Å². The maximum Gasteiger partial charge on any atom is 0.102 e. The second-order valence-electron chi connectivity index (χ2n) is 3.86. The van der Waals surface area contributed by atoms with Crippen molar-refractivity contribution in [1.29, 1.82) is 0 Å². The Bertz CT molecular complexity index is 325. The number of aliphatic hydroxyl groups excluding tert-OH is 1. The Morgan fingerprint density at radius 1 is 1.50 bits per heavy atom. The summed E-state index contributed by atoms with van der Waals surface area (Å²) in [6.45, 7) is 4.64. The molecule has 0 radical (unpaired) electrons. The minimum atomic E-state index is -0.351. The number of rotatable bonds is 6. The monoisotopic (exact) mass is 228 g/mol. The SMILES string of the molecule is COC(C)c1c(CN)nnn1CCC(C)O. The van der Waals surface area contributed by atoms with Crippen LogP contribution in [0.3, 0.4) is 0 Å². The highest BCUT2D eigenvalue weighted by molar-refractivity contribution is 5.12. The topological polar surface area (TPSA) is 86.2 Å². The molecule has 2 unspecified atom stereocenters. The van der Waals surface area contributed by atoms with E-state index >= 15 is 0 Å². The lowest BCUT2D eigenvalue weighted by Gasteiger charge is -2.13. The van der Waals surface area contributed by atoms with Gasteiger partial charge in [0.25, 0.3) is 0 Å². The van der Waals surface area contributed by atoms with E-state index in [0.29, 0.717) is 19.5 Å². The van der Waals surface area contributed by atoms with Crippen LogP contribution >= 0.6 is 0 Å². The number of aromatic nitrogens is 3. The Morgan fingerprint density at radius 3 is 2.69 bits per heavy atom. The van der Waals surface area contributed by atoms with Gasteiger partial charge in [-0.05, 0) is 20.3 Å². The number of aliphatic hydroxyl groups is 1. The summed E-state index contributed by atoms with van der Waals surface area (Å²) >= 11 is 0. The maximum atomic E-state index is 9.25. The average Bonchev–Trinajstić information content (AvgIpc) is 2.68. The number of hydrogen-bond acceptors (Lipinski definition) is 5. The van der Waals surface area contributed by atoms with Crippen molar-refractivity contribution < 1.29 is 9.84 Å². The fourth-order valence-electron chi connectivity index (χ4n) is 1.53. The lowest BCUT2D eigenvalue weighted by Crippen LogP contribution is -2.14. The molecule has 3 N–H and O–H groups in total. The summed E-state index contributed by atoms with van der Waals surface area (Å²) < 4.78 is 7.02. The highest BCUT2D eigenvalue weighted by Gasteiger charge is 2.17. The molecule has 1 aromatic heterocycles. The highest BCUT2D eigenvalue weighted by atomic mass is 16.5. The van der Waals surface area contributed by atoms with Gasteiger partial charge in [0.2, 0.25) is 0 Å². The van der Waals surface area contributed by atoms with Gasteiger partial charge in [0.05, 0.1) is 17.9 Å². The van der Waals surface area contributed by atoms with Crippen molar-refractivity contribution in [3.05, 3.63) is 11.4 Å². The van der Waals surface area contributed by atoms with Gasteiger partial charge in [0, 0.05) is 20.2 Å². The van der Waals surface area contributed by atoms with E-state index in [2.05, 4.69) is 10.3 Å². The van der Waals surface area contributed by atoms with E-state index in [1.807, 2.05) is 6.92 Å². The molecular weight excluding hydrogens is 208 g/mol. The van der Waals surface area contributed by atoms with Crippen LogP contribution in [0.2, 0.25) is 0 Å². The van der Waals surface area contributed by atoms with Crippen molar-refractivity contribution >= 4 is 0 Å². The number of aryl methyl sites for hydroxylation is 1. The van der Waals surface area contributed by atoms with E-state index in [-0.39, 0.29) is 12.2 Å². The van der Waals surface area contributed by atoms with Crippen LogP contribution in [0.1, 0.15) is 37.8 Å². The van der Waals surface area contributed by atoms with Crippen LogP contribution in [0.4, 0.5) is 0 Å². The molecule has 92 valence electrons. The summed E-state index contributed by atoms with van der Waals surface area (Å²) in [6, 6.07) is 0. The first-order valence-electron chi connectivity index (χ1n) is 5.43. The Kier molecular flexibility index (Phi) is 4.85. The van der Waals surface area contributed by atoms with Crippen LogP contribution in [0, 0.1) is 0 Å². The third-order valence-electron chi connectivity index (χ3n) is 2.54. The average molecular weight is 228 g/mol. The number of nitrogens with two attached hydrogens (primary N) is 1. The van der Waals surface area contributed by atoms with Gasteiger partial charge in [-0.15, -0.1) is 5.10 Å². The van der Waals surface area contributed by atoms with E-state index in [0.717, 1.165) is 11.4 Å². The molecule has 0 fully saturated rings. The third kappa shape index (κ3) is 3.01. The third-order valence-corrected chi connectivity index (χ3v) is 2.54. The molecule has 1 heterocycles. The van der Waals surface area contributed by atoms with Crippen molar-refractivity contribution in [2.75, 3.05) is 7.11 Å². The Labute approximate surface area is 95.4 Å². The Morgan fingerprint density at radius 2 is 2.19 bits per heavy atom. The fraction of sp³-hybridized carbons (Fsp3) is 0.800. The lowest BCUT2D eigenvalue weighted by atomic mass is 10.2. The zero-order valence-corrected chi connectivity index (χ0v) is 10.1. The molecule has 1 aromatic rings. The van der Waals surface area contributed by atoms with Crippen LogP contribution in [-0.4, -0.2) is 33.3 Å². The standard InChI is InChI=1S/C10H20N4O2/c1-7(15)4-5-14-10(8(2)16-3)9(6-11)12-13-14/h7-8,15H,4-6,11H2,1-3H3. The summed E-state index contributed by atoms with van der Waals surface area (Å²) in [5.74, 6) is 0. The predicted molar refractivity (Wildman–Crippen MR) is 59.6 cm³/mol. The fourth-order valence-corrected chi connectivity index (χ4v) is 1.53. The zero-order chi connectivity index (χ0) is 12.1. The minimum Gasteiger partial charge on any atom is -0.393 e. The number of nitrogens with zero attached hydrogens (tertiary/aromatic N) is 3. The summed E-state index contributed by atoms with van der Waals surface area (Å²) in [6.07, 6.45) is 0.190. The van der Waals surface area contributed by atoms with Crippen LogP contribution in [0.25, 0.3) is 0 Å². The zero-order valence-electron chi connectivity index (χ0n) is 10.1. The molecule has 0 saturated heterocycles. The largest absolute Gasteiger partial charge is 0.393 e. The van der Waals surface area contributed by atoms with Gasteiger partial charge in [-0.2, -0.15) is 0 Å². The molecule has 16 heavy (non-hydrogen) atoms. The summed E-state index contributed by atoms with van der Waals surface area (Å²) in [5.41, 5.74) is 7.24. The van der Waals surface area contributed by atoms with Crippen LogP contribution in [0.5, 0.6) is 0 Å². The van der Waals surface area contributed by atoms with Gasteiger partial charge in [0.1, 0.15) is 5.69 Å². The summed E-state index contributed by atoms with van der Waals surface area (Å²) in [4.78, 5) is 0. The first-order chi connectivity index (χ1) is 7.60. The number of hydrogen-bond donors (Lipinski definition) is 2. The minimum absolute atomic E-state index is 0.0949. The van der Waals surface area contributed by atoms with Crippen LogP contribution in [-0.2, 0) is 17.8 Å². The molecule has 0 saturated carbocycles. The van der Waals surface area contributed by atoms with E-state index in [4.69, 9.17) is 10.5 Å². The van der Waals surface area contributed by atoms with Gasteiger partial charge in [-0.25, -0.2) is 4.68 Å². The lowest BCUT2D eigenvalue weighted by molar-refractivity contribution is 0.108. The molecule has 0 aliphatic carbocycles. The van der Waals surface area contributed by atoms with Gasteiger partial charge < -0.3 is 15.6 Å². The van der Waals surface area contributed by atoms with E-state index < -0.39 is 0 Å². The second-order valence-corrected chi connectivity index (χ2v) is 3.86. The number of ether oxygens (including phenoxy) is 1. The molecule has 0 amide bonds. The summed E-state index contributed by atoms with van der Waals surface area (Å²) in [7, 11) is 1.64. The van der Waals surface area contributed by atoms with Crippen LogP contribution < -0.4 is 5.73 Å². The second kappa shape index (κ2) is 5.93. The molecule has 0 aromatic carbocycles. The molecule has 0 spiro atoms. The van der Waals surface area contributed by atoms with Gasteiger partial charge in [0.15, 0.2) is 0 Å². The predicted octanol–water partition coefficient (Wildman–Crippen LogP) is 0.215. The van der Waals surface area contributed by atoms with Crippen molar-refractivity contribution in [3.8, 4) is 0 Å². The first-order valence-corrected chi connectivity index (χ1v) is 5.43. The first kappa shape index (κ1) is 13.1.